The van der Waals surface area contributed by atoms with Gasteiger partial charge in [-0.15, -0.1) is 4.99 Å². The minimum Gasteiger partial charge on any atom is -0.478 e. The Morgan fingerprint density at radius 1 is 0.726 bits per heavy atom. The standard InChI is InChI=1S/C18H31N3.C9H12N3.C9H6O5.C9H10O3.2C8H10O3.C6H10N2.C4H6N2.C2H4N4.2C2H6.H2O.2H2/c1-4-5-6-7-8-9-10-11-12-13-18-20-16-17(2)21(18)15-14-19-3;1-4-8-11-5-7(2)12(8)6-9(12)10-3;10-4-5-1-2-6(8(11)12)7(3-5)9(13)14;10-8-6-4-1-2-5(3-4)7(6)9(11)12-8;2*9-7-5-3-1-2-4-6(5)8(10)11-7;1-3-6-7-4-5(2)8-6;1-4-5-2-3-6-4;3-1-6-2(4)5;2*1-2;;;/h16H,4-15H2,1-2H3;5,9H,4,6H2,1-2H3;1-4H,(H,11,12)(H,13,14);4-7H,1-3H2;2*5-6H,1-4H2;4H,3H2,1-2H3,(H,7,8);2-3H,1H3,(H,5,6);(H4,4,5,6);2*1-2H3;1H2;2*1H/q;+1;;;;;;;;;;;;. The first-order valence-electron chi connectivity index (χ1n) is 37.0. The van der Waals surface area contributed by atoms with Crippen molar-refractivity contribution >= 4 is 65.8 Å². The van der Waals surface area contributed by atoms with E-state index in [0.717, 1.165) is 143 Å². The largest absolute Gasteiger partial charge is 0.478 e. The quantitative estimate of drug-likeness (QED) is 0.00489. The van der Waals surface area contributed by atoms with Crippen molar-refractivity contribution in [3.8, 4) is 6.19 Å². The Bertz CT molecular complexity index is 3600. The van der Waals surface area contributed by atoms with Crippen molar-refractivity contribution in [2.24, 2.45) is 68.8 Å². The number of carbonyl (C=O) groups is 9. The summed E-state index contributed by atoms with van der Waals surface area (Å²) in [7, 11) is 0. The number of quaternary nitrogens is 1. The van der Waals surface area contributed by atoms with E-state index in [2.05, 4.69) is 98.0 Å². The van der Waals surface area contributed by atoms with Gasteiger partial charge in [0.25, 0.3) is 0 Å². The molecule has 0 radical (unpaired) electrons. The number of carboxylic acids is 2. The lowest BCUT2D eigenvalue weighted by atomic mass is 9.81. The summed E-state index contributed by atoms with van der Waals surface area (Å²) in [6, 6.07) is 3.37. The molecule has 4 aliphatic carbocycles. The number of aldehydes is 1. The summed E-state index contributed by atoms with van der Waals surface area (Å²) < 4.78 is 16.7. The maximum Gasteiger partial charge on any atom is 0.407 e. The highest BCUT2D eigenvalue weighted by Crippen LogP contribution is 2.55. The van der Waals surface area contributed by atoms with Gasteiger partial charge in [-0.3, -0.25) is 33.6 Å². The normalized spacial score (nSPS) is 22.5. The van der Waals surface area contributed by atoms with Gasteiger partial charge in [0.05, 0.1) is 59.4 Å². The van der Waals surface area contributed by atoms with Crippen LogP contribution in [0.2, 0.25) is 0 Å². The highest BCUT2D eigenvalue weighted by atomic mass is 16.6. The Morgan fingerprint density at radius 2 is 1.24 bits per heavy atom. The lowest BCUT2D eigenvalue weighted by Crippen LogP contribution is -2.30. The summed E-state index contributed by atoms with van der Waals surface area (Å²) in [5.74, 6) is 0.187. The number of nitriles is 1. The molecular weight excluding hydrogens is 1360 g/mol. The van der Waals surface area contributed by atoms with E-state index in [1.807, 2.05) is 60.1 Å². The number of hydrogen-bond donors (Lipinski definition) is 6. The first kappa shape index (κ1) is 92.0. The van der Waals surface area contributed by atoms with Crippen LogP contribution in [0.15, 0.2) is 64.9 Å². The van der Waals surface area contributed by atoms with E-state index in [1.165, 1.54) is 87.3 Å². The zero-order valence-corrected chi connectivity index (χ0v) is 63.7. The van der Waals surface area contributed by atoms with Crippen LogP contribution in [0.3, 0.4) is 0 Å². The molecule has 8 heterocycles. The average molecular weight is 1480 g/mol. The van der Waals surface area contributed by atoms with Gasteiger partial charge < -0.3 is 60.7 Å². The van der Waals surface area contributed by atoms with Gasteiger partial charge >= 0.3 is 53.9 Å². The molecule has 29 nitrogen and oxygen atoms in total. The van der Waals surface area contributed by atoms with Crippen molar-refractivity contribution < 1.29 is 80.4 Å². The molecule has 106 heavy (non-hydrogen) atoms. The van der Waals surface area contributed by atoms with E-state index in [9.17, 15) is 43.2 Å². The van der Waals surface area contributed by atoms with E-state index in [-0.39, 0.29) is 108 Å². The molecule has 10 unspecified atom stereocenters. The SMILES string of the molecule is CC.CC.CCc1ncc(C)[nH]1.Cc1ncc[nH]1.N#CN=C(N)N.O.O=C1OC(=O)C2C3CCC(C3)C12.O=C1OC(=O)C2CCCCC12.O=C1OC(=O)C2CCCCC12.O=Cc1ccc(C(=O)O)c(C(=O)O)c1.[C-]#[N+]C1C[N+]12C(C)=CN=C2CC.[C-]#[N+]CCn1c(C)cnc1CCCCCCCCCCC.[HH].[HH]. The molecule has 4 aromatic rings. The number of H-pyrrole nitrogens is 2. The number of ether oxygens (including phenoxy) is 3. The van der Waals surface area contributed by atoms with Gasteiger partial charge in [-0.2, -0.15) is 9.74 Å². The number of aromatic carboxylic acids is 2. The number of guanidine groups is 1. The molecule has 0 amide bonds. The van der Waals surface area contributed by atoms with Gasteiger partial charge in [-0.1, -0.05) is 132 Å². The molecule has 2 bridgehead atoms. The third-order valence-corrected chi connectivity index (χ3v) is 19.2. The van der Waals surface area contributed by atoms with Crippen molar-refractivity contribution in [2.45, 2.75) is 237 Å². The van der Waals surface area contributed by atoms with Crippen molar-refractivity contribution in [1.29, 1.82) is 5.26 Å². The zero-order chi connectivity index (χ0) is 78.2. The molecule has 13 rings (SSSR count). The predicted octanol–water partition coefficient (Wildman–Crippen LogP) is 12.8. The van der Waals surface area contributed by atoms with Crippen LogP contribution < -0.4 is 11.5 Å². The number of carboxylic acid groups (broad SMARTS) is 2. The van der Waals surface area contributed by atoms with Crippen LogP contribution in [0.25, 0.3) is 9.69 Å². The number of nitrogens with zero attached hydrogens (tertiary/aromatic N) is 10. The molecule has 10 atom stereocenters. The van der Waals surface area contributed by atoms with E-state index in [0.29, 0.717) is 24.7 Å². The van der Waals surface area contributed by atoms with E-state index in [1.54, 1.807) is 12.4 Å². The Kier molecular flexibility index (Phi) is 42.4. The fraction of sp³-hybridized carbons (Fsp3) is 0.597. The minimum absolute atomic E-state index is 0. The van der Waals surface area contributed by atoms with Gasteiger partial charge in [0.15, 0.2) is 0 Å². The fourth-order valence-corrected chi connectivity index (χ4v) is 13.9. The van der Waals surface area contributed by atoms with Gasteiger partial charge in [0, 0.05) is 70.8 Å². The smallest absolute Gasteiger partial charge is 0.407 e. The number of rotatable bonds is 17. The van der Waals surface area contributed by atoms with Gasteiger partial charge in [-0.05, 0) is 96.1 Å². The molecule has 3 aromatic heterocycles. The number of nitrogens with two attached hydrogens (primary N) is 2. The summed E-state index contributed by atoms with van der Waals surface area (Å²) in [4.78, 5) is 131. The number of benzene rings is 1. The fourth-order valence-electron chi connectivity index (χ4n) is 13.9. The van der Waals surface area contributed by atoms with Crippen molar-refractivity contribution in [3.05, 3.63) is 123 Å². The Hall–Kier alpha value is -10.1. The topological polar surface area (TPSA) is 438 Å². The number of unbranched alkanes of at least 4 members (excludes halogenated alkanes) is 8. The maximum atomic E-state index is 11.2. The lowest BCUT2D eigenvalue weighted by Gasteiger charge is -2.18. The van der Waals surface area contributed by atoms with E-state index < -0.39 is 11.9 Å². The van der Waals surface area contributed by atoms with Crippen molar-refractivity contribution in [1.82, 2.24) is 29.5 Å². The van der Waals surface area contributed by atoms with Crippen LogP contribution in [0.4, 0.5) is 0 Å². The summed E-state index contributed by atoms with van der Waals surface area (Å²) in [5.41, 5.74) is 12.4. The van der Waals surface area contributed by atoms with Crippen LogP contribution in [0, 0.1) is 92.7 Å². The maximum absolute atomic E-state index is 11.2. The first-order chi connectivity index (χ1) is 50.4. The van der Waals surface area contributed by atoms with Gasteiger partial charge in [-0.25, -0.2) is 47.5 Å². The molecule has 1 aromatic carbocycles. The molecule has 4 saturated heterocycles. The second-order valence-electron chi connectivity index (χ2n) is 26.1. The number of cyclic esters (lactones) is 6. The van der Waals surface area contributed by atoms with Crippen LogP contribution in [-0.2, 0) is 62.4 Å². The Balaban J connectivity index is 0.00000120. The number of fused-ring (bicyclic) bond motifs is 7. The van der Waals surface area contributed by atoms with Crippen LogP contribution in [0.5, 0.6) is 0 Å². The molecular formula is C77H117N14O15+. The predicted molar refractivity (Wildman–Crippen MR) is 402 cm³/mol. The molecule has 29 heteroatoms. The summed E-state index contributed by atoms with van der Waals surface area (Å²) in [6.07, 6.45) is 37.4. The third kappa shape index (κ3) is 27.8. The number of imidazole rings is 3. The van der Waals surface area contributed by atoms with Gasteiger partial charge in [0.2, 0.25) is 31.1 Å². The monoisotopic (exact) mass is 1480 g/mol. The van der Waals surface area contributed by atoms with E-state index in [4.69, 9.17) is 40.1 Å². The number of carbonyl (C=O) groups excluding carboxylic acids is 7. The number of esters is 6. The van der Waals surface area contributed by atoms with E-state index >= 15 is 0 Å². The second-order valence-corrected chi connectivity index (χ2v) is 26.1. The number of aromatic amines is 2. The summed E-state index contributed by atoms with van der Waals surface area (Å²) in [5, 5.41) is 24.9. The molecule has 5 aliphatic heterocycles. The lowest BCUT2D eigenvalue weighted by molar-refractivity contribution is -0.665. The number of aryl methyl sites for hydroxylation is 5. The number of allylic oxidation sites excluding steroid dienone is 1. The highest BCUT2D eigenvalue weighted by Gasteiger charge is 2.68. The number of aliphatic imine (C=N–C) groups is 2. The number of nitrogens with one attached hydrogen (secondary N) is 2. The van der Waals surface area contributed by atoms with Crippen molar-refractivity contribution in [3.63, 3.8) is 0 Å². The molecule has 584 valence electrons. The molecule has 10 N–H and O–H groups in total. The Morgan fingerprint density at radius 3 is 1.60 bits per heavy atom. The summed E-state index contributed by atoms with van der Waals surface area (Å²) in [6.45, 7) is 38.7. The summed E-state index contributed by atoms with van der Waals surface area (Å²) >= 11 is 0. The molecule has 8 fully saturated rings. The second kappa shape index (κ2) is 48.9. The Labute approximate surface area is 626 Å². The van der Waals surface area contributed by atoms with Crippen molar-refractivity contribution in [2.75, 3.05) is 13.1 Å². The number of aromatic nitrogens is 6. The molecule has 9 aliphatic rings. The zero-order valence-electron chi connectivity index (χ0n) is 63.7. The molecule has 4 saturated carbocycles. The van der Waals surface area contributed by atoms with Crippen LogP contribution >= 0.6 is 0 Å². The third-order valence-electron chi connectivity index (χ3n) is 19.2. The number of hydrogen-bond acceptors (Lipinski definition) is 18. The average Bonchev–Trinajstić information content (AvgIpc) is 1.56. The minimum atomic E-state index is -1.37. The van der Waals surface area contributed by atoms with Crippen LogP contribution in [0.1, 0.15) is 253 Å². The molecule has 1 spiro atoms. The highest BCUT2D eigenvalue weighted by molar-refractivity contribution is 6.03. The number of amidine groups is 1. The van der Waals surface area contributed by atoms with Crippen LogP contribution in [-0.4, -0.2) is 135 Å². The van der Waals surface area contributed by atoms with Gasteiger partial charge in [0.1, 0.15) is 29.5 Å². The first-order valence-corrected chi connectivity index (χ1v) is 37.0.